The topological polar surface area (TPSA) is 42.4 Å². The molecule has 0 bridgehead atoms. The molecule has 3 aromatic rings. The summed E-state index contributed by atoms with van der Waals surface area (Å²) in [5, 5.41) is 0. The maximum atomic E-state index is 12.5. The van der Waals surface area contributed by atoms with Crippen molar-refractivity contribution in [2.24, 2.45) is 0 Å². The predicted octanol–water partition coefficient (Wildman–Crippen LogP) is 4.15. The van der Waals surface area contributed by atoms with Crippen LogP contribution in [0.25, 0.3) is 0 Å². The molecule has 0 atom stereocenters. The normalized spacial score (nSPS) is 10.2. The summed E-state index contributed by atoms with van der Waals surface area (Å²) in [5.41, 5.74) is 1.62. The van der Waals surface area contributed by atoms with Gasteiger partial charge < -0.3 is 9.64 Å². The maximum Gasteiger partial charge on any atom is 0.253 e. The maximum absolute atomic E-state index is 12.5. The lowest BCUT2D eigenvalue weighted by atomic mass is 10.2. The fraction of sp³-hybridized carbons (Fsp3) is 0.100. The highest BCUT2D eigenvalue weighted by Crippen LogP contribution is 2.21. The Bertz CT molecular complexity index is 787. The van der Waals surface area contributed by atoms with Crippen molar-refractivity contribution in [1.29, 1.82) is 0 Å². The van der Waals surface area contributed by atoms with Crippen molar-refractivity contribution in [3.63, 3.8) is 0 Å². The monoisotopic (exact) mass is 318 g/mol. The van der Waals surface area contributed by atoms with Crippen molar-refractivity contribution < 1.29 is 9.53 Å². The number of hydrogen-bond acceptors (Lipinski definition) is 3. The Hall–Kier alpha value is -3.14. The summed E-state index contributed by atoms with van der Waals surface area (Å²) < 4.78 is 5.74. The summed E-state index contributed by atoms with van der Waals surface area (Å²) in [5.74, 6) is 1.43. The summed E-state index contributed by atoms with van der Waals surface area (Å²) in [4.78, 5) is 18.2. The van der Waals surface area contributed by atoms with Gasteiger partial charge in [0.05, 0.1) is 0 Å². The molecule has 4 heteroatoms. The molecule has 24 heavy (non-hydrogen) atoms. The molecule has 4 nitrogen and oxygen atoms in total. The molecule has 2 aromatic carbocycles. The minimum Gasteiger partial charge on any atom is -0.457 e. The van der Waals surface area contributed by atoms with E-state index in [1.807, 2.05) is 42.5 Å². The van der Waals surface area contributed by atoms with Crippen molar-refractivity contribution >= 4 is 5.91 Å². The van der Waals surface area contributed by atoms with Gasteiger partial charge in [-0.15, -0.1) is 0 Å². The molecule has 0 unspecified atom stereocenters. The Morgan fingerprint density at radius 2 is 1.67 bits per heavy atom. The van der Waals surface area contributed by atoms with Gasteiger partial charge in [0.1, 0.15) is 11.5 Å². The van der Waals surface area contributed by atoms with Crippen LogP contribution in [0.15, 0.2) is 79.1 Å². The number of carbonyl (C=O) groups excluding carboxylic acids is 1. The van der Waals surface area contributed by atoms with Crippen LogP contribution in [0, 0.1) is 0 Å². The third-order valence-corrected chi connectivity index (χ3v) is 3.57. The first-order chi connectivity index (χ1) is 11.7. The van der Waals surface area contributed by atoms with Crippen molar-refractivity contribution in [2.45, 2.75) is 6.54 Å². The van der Waals surface area contributed by atoms with Gasteiger partial charge in [-0.3, -0.25) is 9.78 Å². The summed E-state index contributed by atoms with van der Waals surface area (Å²) in [6.45, 7) is 0.523. The summed E-state index contributed by atoms with van der Waals surface area (Å²) in [6, 6.07) is 20.5. The number of nitrogens with zero attached hydrogens (tertiary/aromatic N) is 2. The molecule has 1 amide bonds. The molecule has 0 spiro atoms. The van der Waals surface area contributed by atoms with Gasteiger partial charge in [0.2, 0.25) is 0 Å². The Balaban J connectivity index is 1.65. The molecule has 0 aliphatic carbocycles. The lowest BCUT2D eigenvalue weighted by Crippen LogP contribution is -2.26. The third-order valence-electron chi connectivity index (χ3n) is 3.57. The van der Waals surface area contributed by atoms with Crippen LogP contribution in [-0.4, -0.2) is 22.8 Å². The highest BCUT2D eigenvalue weighted by molar-refractivity contribution is 5.94. The SMILES string of the molecule is CN(Cc1cccnc1)C(=O)c1ccc(Oc2ccccc2)cc1. The van der Waals surface area contributed by atoms with Gasteiger partial charge in [-0.25, -0.2) is 0 Å². The fourth-order valence-corrected chi connectivity index (χ4v) is 2.35. The second-order valence-electron chi connectivity index (χ2n) is 5.46. The minimum absolute atomic E-state index is 0.0369. The molecule has 0 fully saturated rings. The average Bonchev–Trinajstić information content (AvgIpc) is 2.63. The minimum atomic E-state index is -0.0369. The zero-order valence-corrected chi connectivity index (χ0v) is 13.4. The van der Waals surface area contributed by atoms with E-state index in [-0.39, 0.29) is 5.91 Å². The first-order valence-corrected chi connectivity index (χ1v) is 7.70. The molecule has 0 N–H and O–H groups in total. The Labute approximate surface area is 141 Å². The molecule has 0 aliphatic rings. The van der Waals surface area contributed by atoms with Crippen molar-refractivity contribution in [3.05, 3.63) is 90.3 Å². The van der Waals surface area contributed by atoms with Crippen LogP contribution in [0.5, 0.6) is 11.5 Å². The number of hydrogen-bond donors (Lipinski definition) is 0. The van der Waals surface area contributed by atoms with Crippen LogP contribution in [0.2, 0.25) is 0 Å². The molecular weight excluding hydrogens is 300 g/mol. The van der Waals surface area contributed by atoms with Crippen LogP contribution < -0.4 is 4.74 Å². The predicted molar refractivity (Wildman–Crippen MR) is 93.0 cm³/mol. The van der Waals surface area contributed by atoms with E-state index in [2.05, 4.69) is 4.98 Å². The Kier molecular flexibility index (Phi) is 4.87. The van der Waals surface area contributed by atoms with Crippen LogP contribution in [0.4, 0.5) is 0 Å². The first-order valence-electron chi connectivity index (χ1n) is 7.70. The van der Waals surface area contributed by atoms with Crippen molar-refractivity contribution in [1.82, 2.24) is 9.88 Å². The molecule has 0 radical (unpaired) electrons. The van der Waals surface area contributed by atoms with E-state index in [1.165, 1.54) is 0 Å². The Morgan fingerprint density at radius 1 is 0.958 bits per heavy atom. The standard InChI is InChI=1S/C20H18N2O2/c1-22(15-16-6-5-13-21-14-16)20(23)17-9-11-19(12-10-17)24-18-7-3-2-4-8-18/h2-14H,15H2,1H3. The van der Waals surface area contributed by atoms with E-state index in [4.69, 9.17) is 4.74 Å². The molecule has 1 aromatic heterocycles. The average molecular weight is 318 g/mol. The van der Waals surface area contributed by atoms with E-state index < -0.39 is 0 Å². The lowest BCUT2D eigenvalue weighted by Gasteiger charge is -2.17. The smallest absolute Gasteiger partial charge is 0.253 e. The van der Waals surface area contributed by atoms with E-state index in [1.54, 1.807) is 48.6 Å². The highest BCUT2D eigenvalue weighted by Gasteiger charge is 2.12. The number of rotatable bonds is 5. The molecule has 0 saturated heterocycles. The first kappa shape index (κ1) is 15.7. The quantitative estimate of drug-likeness (QED) is 0.710. The third kappa shape index (κ3) is 3.98. The van der Waals surface area contributed by atoms with E-state index in [0.717, 1.165) is 11.3 Å². The fourth-order valence-electron chi connectivity index (χ4n) is 2.35. The second-order valence-corrected chi connectivity index (χ2v) is 5.46. The molecule has 0 aliphatic heterocycles. The largest absolute Gasteiger partial charge is 0.457 e. The number of amides is 1. The number of para-hydroxylation sites is 1. The lowest BCUT2D eigenvalue weighted by molar-refractivity contribution is 0.0785. The van der Waals surface area contributed by atoms with Gasteiger partial charge in [-0.05, 0) is 48.0 Å². The van der Waals surface area contributed by atoms with Crippen LogP contribution in [0.1, 0.15) is 15.9 Å². The van der Waals surface area contributed by atoms with Crippen molar-refractivity contribution in [3.8, 4) is 11.5 Å². The van der Waals surface area contributed by atoms with Gasteiger partial charge in [-0.1, -0.05) is 24.3 Å². The highest BCUT2D eigenvalue weighted by atomic mass is 16.5. The van der Waals surface area contributed by atoms with Gasteiger partial charge in [0, 0.05) is 31.5 Å². The van der Waals surface area contributed by atoms with Crippen molar-refractivity contribution in [2.75, 3.05) is 7.05 Å². The van der Waals surface area contributed by atoms with E-state index in [0.29, 0.717) is 17.9 Å². The number of benzene rings is 2. The number of ether oxygens (including phenoxy) is 1. The number of aromatic nitrogens is 1. The zero-order chi connectivity index (χ0) is 16.8. The van der Waals surface area contributed by atoms with Gasteiger partial charge in [0.15, 0.2) is 0 Å². The molecule has 120 valence electrons. The van der Waals surface area contributed by atoms with E-state index >= 15 is 0 Å². The molecule has 1 heterocycles. The Morgan fingerprint density at radius 3 is 2.33 bits per heavy atom. The molecule has 3 rings (SSSR count). The number of pyridine rings is 1. The van der Waals surface area contributed by atoms with Gasteiger partial charge >= 0.3 is 0 Å². The van der Waals surface area contributed by atoms with Gasteiger partial charge in [0.25, 0.3) is 5.91 Å². The second kappa shape index (κ2) is 7.42. The van der Waals surface area contributed by atoms with Crippen LogP contribution >= 0.6 is 0 Å². The van der Waals surface area contributed by atoms with Gasteiger partial charge in [-0.2, -0.15) is 0 Å². The summed E-state index contributed by atoms with van der Waals surface area (Å²) in [6.07, 6.45) is 3.48. The van der Waals surface area contributed by atoms with Crippen LogP contribution in [0.3, 0.4) is 0 Å². The molecular formula is C20H18N2O2. The molecule has 0 saturated carbocycles. The van der Waals surface area contributed by atoms with Crippen LogP contribution in [-0.2, 0) is 6.54 Å². The zero-order valence-electron chi connectivity index (χ0n) is 13.4. The summed E-state index contributed by atoms with van der Waals surface area (Å²) in [7, 11) is 1.78. The summed E-state index contributed by atoms with van der Waals surface area (Å²) >= 11 is 0. The van der Waals surface area contributed by atoms with E-state index in [9.17, 15) is 4.79 Å². The number of carbonyl (C=O) groups is 1.